The van der Waals surface area contributed by atoms with Gasteiger partial charge in [-0.25, -0.2) is 10.2 Å². The molecule has 1 amide bonds. The Morgan fingerprint density at radius 1 is 0.931 bits per heavy atom. The molecule has 0 aliphatic carbocycles. The minimum atomic E-state index is -0.468. The number of hydrogen-bond donors (Lipinski definition) is 1. The van der Waals surface area contributed by atoms with Crippen LogP contribution in [0.4, 0.5) is 0 Å². The number of benzene rings is 3. The molecule has 0 unspecified atom stereocenters. The van der Waals surface area contributed by atoms with Crippen molar-refractivity contribution in [1.82, 2.24) is 5.43 Å². The lowest BCUT2D eigenvalue weighted by atomic mass is 10.1. The number of ether oxygens (including phenoxy) is 1. The fourth-order valence-electron chi connectivity index (χ4n) is 2.47. The van der Waals surface area contributed by atoms with Gasteiger partial charge in [0.05, 0.1) is 11.8 Å². The van der Waals surface area contributed by atoms with E-state index in [9.17, 15) is 9.59 Å². The molecular weight excluding hydrogens is 500 g/mol. The number of hydrogen-bond acceptors (Lipinski definition) is 4. The van der Waals surface area contributed by atoms with E-state index < -0.39 is 5.97 Å². The number of carbonyl (C=O) groups excluding carboxylic acids is 2. The number of hydrazone groups is 1. The molecule has 0 fully saturated rings. The van der Waals surface area contributed by atoms with Crippen molar-refractivity contribution in [2.45, 2.75) is 6.92 Å². The molecule has 0 atom stereocenters. The van der Waals surface area contributed by atoms with E-state index in [4.69, 9.17) is 4.74 Å². The van der Waals surface area contributed by atoms with Crippen molar-refractivity contribution >= 4 is 50.0 Å². The van der Waals surface area contributed by atoms with Crippen LogP contribution >= 0.6 is 31.9 Å². The molecule has 0 aliphatic heterocycles. The number of carbonyl (C=O) groups is 2. The molecule has 0 aliphatic rings. The summed E-state index contributed by atoms with van der Waals surface area (Å²) in [6.07, 6.45) is 1.43. The van der Waals surface area contributed by atoms with E-state index in [0.717, 1.165) is 14.5 Å². The Hall–Kier alpha value is -2.77. The van der Waals surface area contributed by atoms with Crippen molar-refractivity contribution in [2.24, 2.45) is 5.10 Å². The Morgan fingerprint density at radius 3 is 2.38 bits per heavy atom. The van der Waals surface area contributed by atoms with E-state index in [2.05, 4.69) is 42.4 Å². The van der Waals surface area contributed by atoms with Crippen LogP contribution in [0.25, 0.3) is 0 Å². The lowest BCUT2D eigenvalue weighted by Crippen LogP contribution is -2.17. The average Bonchev–Trinajstić information content (AvgIpc) is 2.70. The molecule has 0 saturated carbocycles. The Bertz CT molecular complexity index is 1080. The number of rotatable bonds is 5. The van der Waals surface area contributed by atoms with Crippen molar-refractivity contribution in [3.05, 3.63) is 97.9 Å². The zero-order valence-electron chi connectivity index (χ0n) is 15.4. The number of nitrogens with zero attached hydrogens (tertiary/aromatic N) is 1. The minimum Gasteiger partial charge on any atom is -0.422 e. The lowest BCUT2D eigenvalue weighted by Gasteiger charge is -2.08. The summed E-state index contributed by atoms with van der Waals surface area (Å²) >= 11 is 6.71. The van der Waals surface area contributed by atoms with Crippen LogP contribution in [0.2, 0.25) is 0 Å². The van der Waals surface area contributed by atoms with Crippen molar-refractivity contribution < 1.29 is 14.3 Å². The van der Waals surface area contributed by atoms with Gasteiger partial charge >= 0.3 is 5.97 Å². The number of esters is 1. The van der Waals surface area contributed by atoms with E-state index in [0.29, 0.717) is 22.4 Å². The Labute approximate surface area is 185 Å². The average molecular weight is 516 g/mol. The monoisotopic (exact) mass is 514 g/mol. The van der Waals surface area contributed by atoms with E-state index in [1.54, 1.807) is 60.7 Å². The van der Waals surface area contributed by atoms with Crippen molar-refractivity contribution in [3.63, 3.8) is 0 Å². The van der Waals surface area contributed by atoms with Crippen molar-refractivity contribution in [1.29, 1.82) is 0 Å². The minimum absolute atomic E-state index is 0.335. The zero-order valence-corrected chi connectivity index (χ0v) is 18.5. The summed E-state index contributed by atoms with van der Waals surface area (Å²) in [5, 5.41) is 3.99. The fourth-order valence-corrected chi connectivity index (χ4v) is 3.11. The van der Waals surface area contributed by atoms with Gasteiger partial charge in [-0.2, -0.15) is 5.10 Å². The highest BCUT2D eigenvalue weighted by atomic mass is 79.9. The Balaban J connectivity index is 1.74. The summed E-state index contributed by atoms with van der Waals surface area (Å²) in [7, 11) is 0. The molecular formula is C22H16Br2N2O3. The first-order valence-corrected chi connectivity index (χ1v) is 10.2. The molecule has 29 heavy (non-hydrogen) atoms. The molecule has 3 aromatic rings. The van der Waals surface area contributed by atoms with Crippen LogP contribution in [0.1, 0.15) is 31.8 Å². The first kappa shape index (κ1) is 21.0. The third kappa shape index (κ3) is 5.85. The van der Waals surface area contributed by atoms with Crippen LogP contribution < -0.4 is 10.2 Å². The van der Waals surface area contributed by atoms with Gasteiger partial charge in [-0.3, -0.25) is 4.79 Å². The fraction of sp³-hybridized carbons (Fsp3) is 0.0455. The molecule has 0 radical (unpaired) electrons. The zero-order chi connectivity index (χ0) is 20.8. The predicted molar refractivity (Wildman–Crippen MR) is 119 cm³/mol. The predicted octanol–water partition coefficient (Wildman–Crippen LogP) is 5.50. The maximum Gasteiger partial charge on any atom is 0.343 e. The van der Waals surface area contributed by atoms with E-state index >= 15 is 0 Å². The quantitative estimate of drug-likeness (QED) is 0.211. The number of amides is 1. The van der Waals surface area contributed by atoms with Gasteiger partial charge in [0.25, 0.3) is 5.91 Å². The van der Waals surface area contributed by atoms with E-state index in [1.165, 1.54) is 6.21 Å². The van der Waals surface area contributed by atoms with Crippen LogP contribution in [-0.4, -0.2) is 18.1 Å². The molecule has 146 valence electrons. The third-order valence-electron chi connectivity index (χ3n) is 3.90. The second-order valence-corrected chi connectivity index (χ2v) is 7.98. The molecule has 0 spiro atoms. The maximum atomic E-state index is 12.4. The Morgan fingerprint density at radius 2 is 1.66 bits per heavy atom. The van der Waals surface area contributed by atoms with Crippen LogP contribution in [0, 0.1) is 6.92 Å². The molecule has 5 nitrogen and oxygen atoms in total. The topological polar surface area (TPSA) is 67.8 Å². The molecule has 1 N–H and O–H groups in total. The van der Waals surface area contributed by atoms with Crippen molar-refractivity contribution in [3.8, 4) is 5.75 Å². The highest BCUT2D eigenvalue weighted by molar-refractivity contribution is 9.10. The molecule has 0 saturated heterocycles. The van der Waals surface area contributed by atoms with Crippen LogP contribution in [0.5, 0.6) is 5.75 Å². The van der Waals surface area contributed by atoms with E-state index in [1.807, 2.05) is 13.0 Å². The summed E-state index contributed by atoms with van der Waals surface area (Å²) < 4.78 is 7.19. The highest BCUT2D eigenvalue weighted by Crippen LogP contribution is 2.23. The lowest BCUT2D eigenvalue weighted by molar-refractivity contribution is 0.0734. The second kappa shape index (κ2) is 9.62. The number of aryl methyl sites for hydroxylation is 1. The van der Waals surface area contributed by atoms with Crippen molar-refractivity contribution in [2.75, 3.05) is 0 Å². The first-order valence-electron chi connectivity index (χ1n) is 8.60. The largest absolute Gasteiger partial charge is 0.422 e. The van der Waals surface area contributed by atoms with Gasteiger partial charge in [0, 0.05) is 20.1 Å². The van der Waals surface area contributed by atoms with Gasteiger partial charge in [-0.05, 0) is 61.5 Å². The third-order valence-corrected chi connectivity index (χ3v) is 4.93. The molecule has 0 heterocycles. The molecule has 3 rings (SSSR count). The maximum absolute atomic E-state index is 12.4. The summed E-state index contributed by atoms with van der Waals surface area (Å²) in [6, 6.07) is 19.2. The molecule has 7 heteroatoms. The molecule has 0 aromatic heterocycles. The molecule has 3 aromatic carbocycles. The van der Waals surface area contributed by atoms with Crippen LogP contribution in [0.3, 0.4) is 0 Å². The SMILES string of the molecule is Cc1cccc(C(=O)Oc2ccc(Br)cc2/C=N/NC(=O)c2ccc(Br)cc2)c1. The molecule has 0 bridgehead atoms. The van der Waals surface area contributed by atoms with E-state index in [-0.39, 0.29) is 5.91 Å². The summed E-state index contributed by atoms with van der Waals surface area (Å²) in [6.45, 7) is 1.91. The van der Waals surface area contributed by atoms with Gasteiger partial charge in [0.1, 0.15) is 5.75 Å². The number of nitrogens with one attached hydrogen (secondary N) is 1. The smallest absolute Gasteiger partial charge is 0.343 e. The Kier molecular flexibility index (Phi) is 6.95. The second-order valence-electron chi connectivity index (χ2n) is 6.15. The standard InChI is InChI=1S/C22H16Br2N2O3/c1-14-3-2-4-16(11-14)22(28)29-20-10-9-19(24)12-17(20)13-25-26-21(27)15-5-7-18(23)8-6-15/h2-13H,1H3,(H,26,27)/b25-13+. The summed E-state index contributed by atoms with van der Waals surface area (Å²) in [5.74, 6) is -0.479. The summed E-state index contributed by atoms with van der Waals surface area (Å²) in [5.41, 5.74) is 4.90. The van der Waals surface area contributed by atoms with Gasteiger partial charge in [-0.15, -0.1) is 0 Å². The highest BCUT2D eigenvalue weighted by Gasteiger charge is 2.12. The van der Waals surface area contributed by atoms with Crippen LogP contribution in [-0.2, 0) is 0 Å². The summed E-state index contributed by atoms with van der Waals surface area (Å²) in [4.78, 5) is 24.6. The van der Waals surface area contributed by atoms with Gasteiger partial charge in [0.15, 0.2) is 0 Å². The van der Waals surface area contributed by atoms with Crippen LogP contribution in [0.15, 0.2) is 80.8 Å². The first-order chi connectivity index (χ1) is 13.9. The van der Waals surface area contributed by atoms with Gasteiger partial charge in [-0.1, -0.05) is 49.6 Å². The number of halogens is 2. The normalized spacial score (nSPS) is 10.7. The van der Waals surface area contributed by atoms with Gasteiger partial charge < -0.3 is 4.74 Å². The van der Waals surface area contributed by atoms with Gasteiger partial charge in [0.2, 0.25) is 0 Å².